The van der Waals surface area contributed by atoms with Gasteiger partial charge in [0.25, 0.3) is 5.91 Å². The Hall–Kier alpha value is -3.11. The van der Waals surface area contributed by atoms with Crippen LogP contribution in [0.25, 0.3) is 11.0 Å². The van der Waals surface area contributed by atoms with E-state index in [-0.39, 0.29) is 42.8 Å². The van der Waals surface area contributed by atoms with E-state index in [4.69, 9.17) is 0 Å². The topological polar surface area (TPSA) is 105 Å². The van der Waals surface area contributed by atoms with Crippen LogP contribution in [0.4, 0.5) is 0 Å². The number of aryl methyl sites for hydroxylation is 3. The number of benzene rings is 1. The van der Waals surface area contributed by atoms with Crippen LogP contribution in [0.1, 0.15) is 39.0 Å². The average Bonchev–Trinajstić information content (AvgIpc) is 3.06. The van der Waals surface area contributed by atoms with Crippen LogP contribution < -0.4 is 0 Å². The molecular weight excluding hydrogens is 430 g/mol. The number of pyridine rings is 1. The standard InChI is InChI=1S/C22H25N5O4S/c1-14-13-19(20-15(2)24-25(4)21(20)23-14)22(29)26-9-11-27(12-10-26)32(30,31)18-7-5-17(6-8-18)16(3)28/h5-8,13H,9-12H2,1-4H3. The highest BCUT2D eigenvalue weighted by Crippen LogP contribution is 2.24. The Morgan fingerprint density at radius 3 is 2.22 bits per heavy atom. The monoisotopic (exact) mass is 455 g/mol. The highest BCUT2D eigenvalue weighted by atomic mass is 32.2. The third-order valence-corrected chi connectivity index (χ3v) is 7.66. The van der Waals surface area contributed by atoms with E-state index in [0.29, 0.717) is 16.8 Å². The first-order valence-corrected chi connectivity index (χ1v) is 11.7. The summed E-state index contributed by atoms with van der Waals surface area (Å²) in [6.45, 7) is 6.07. The molecule has 1 fully saturated rings. The molecule has 10 heteroatoms. The number of sulfonamides is 1. The number of Topliss-reactive ketones (excluding diaryl/α,β-unsaturated/α-hetero) is 1. The van der Waals surface area contributed by atoms with E-state index in [0.717, 1.165) is 16.8 Å². The zero-order valence-corrected chi connectivity index (χ0v) is 19.3. The van der Waals surface area contributed by atoms with Crippen molar-refractivity contribution in [3.05, 3.63) is 52.8 Å². The van der Waals surface area contributed by atoms with Gasteiger partial charge in [-0.1, -0.05) is 12.1 Å². The van der Waals surface area contributed by atoms with Gasteiger partial charge in [-0.3, -0.25) is 14.3 Å². The highest BCUT2D eigenvalue weighted by molar-refractivity contribution is 7.89. The van der Waals surface area contributed by atoms with Crippen LogP contribution in [-0.2, 0) is 17.1 Å². The van der Waals surface area contributed by atoms with Gasteiger partial charge >= 0.3 is 0 Å². The van der Waals surface area contributed by atoms with Crippen molar-refractivity contribution in [1.82, 2.24) is 24.0 Å². The predicted octanol–water partition coefficient (Wildman–Crippen LogP) is 1.93. The first-order chi connectivity index (χ1) is 15.1. The minimum absolute atomic E-state index is 0.120. The van der Waals surface area contributed by atoms with Crippen molar-refractivity contribution in [1.29, 1.82) is 0 Å². The normalized spacial score (nSPS) is 15.3. The third kappa shape index (κ3) is 3.80. The summed E-state index contributed by atoms with van der Waals surface area (Å²) in [5.74, 6) is -0.273. The lowest BCUT2D eigenvalue weighted by Gasteiger charge is -2.34. The van der Waals surface area contributed by atoms with Gasteiger partial charge < -0.3 is 4.90 Å². The molecule has 1 saturated heterocycles. The molecule has 9 nitrogen and oxygen atoms in total. The number of fused-ring (bicyclic) bond motifs is 1. The molecule has 1 aliphatic heterocycles. The summed E-state index contributed by atoms with van der Waals surface area (Å²) in [7, 11) is -1.91. The molecule has 0 atom stereocenters. The lowest BCUT2D eigenvalue weighted by Crippen LogP contribution is -2.50. The van der Waals surface area contributed by atoms with Crippen molar-refractivity contribution in [3.63, 3.8) is 0 Å². The van der Waals surface area contributed by atoms with Crippen LogP contribution in [0.2, 0.25) is 0 Å². The SMILES string of the molecule is CC(=O)c1ccc(S(=O)(=O)N2CCN(C(=O)c3cc(C)nc4c3c(C)nn4C)CC2)cc1. The molecule has 0 saturated carbocycles. The van der Waals surface area contributed by atoms with Gasteiger partial charge in [-0.2, -0.15) is 9.40 Å². The summed E-state index contributed by atoms with van der Waals surface area (Å²) in [5.41, 5.74) is 3.10. The van der Waals surface area contributed by atoms with Gasteiger partial charge in [-0.25, -0.2) is 13.4 Å². The molecule has 0 radical (unpaired) electrons. The van der Waals surface area contributed by atoms with Gasteiger partial charge in [0.15, 0.2) is 11.4 Å². The number of hydrogen-bond donors (Lipinski definition) is 0. The second kappa shape index (κ2) is 8.10. The van der Waals surface area contributed by atoms with Gasteiger partial charge in [-0.15, -0.1) is 0 Å². The Kier molecular flexibility index (Phi) is 5.59. The first-order valence-electron chi connectivity index (χ1n) is 10.3. The van der Waals surface area contributed by atoms with Gasteiger partial charge in [-0.05, 0) is 39.0 Å². The molecule has 0 spiro atoms. The van der Waals surface area contributed by atoms with E-state index < -0.39 is 10.0 Å². The first kappa shape index (κ1) is 22.1. The van der Waals surface area contributed by atoms with Gasteiger partial charge in [0, 0.05) is 44.5 Å². The van der Waals surface area contributed by atoms with Crippen molar-refractivity contribution in [3.8, 4) is 0 Å². The van der Waals surface area contributed by atoms with Crippen molar-refractivity contribution >= 4 is 32.7 Å². The molecule has 0 aliphatic carbocycles. The molecule has 1 aromatic carbocycles. The Morgan fingerprint density at radius 1 is 1.00 bits per heavy atom. The van der Waals surface area contributed by atoms with Crippen LogP contribution in [0.3, 0.4) is 0 Å². The molecule has 1 aliphatic rings. The van der Waals surface area contributed by atoms with Crippen LogP contribution in [-0.4, -0.2) is 70.3 Å². The second-order valence-corrected chi connectivity index (χ2v) is 9.93. The lowest BCUT2D eigenvalue weighted by molar-refractivity contribution is 0.0699. The Bertz CT molecular complexity index is 1320. The van der Waals surface area contributed by atoms with Crippen LogP contribution in [0.15, 0.2) is 35.2 Å². The number of carbonyl (C=O) groups is 2. The molecule has 0 unspecified atom stereocenters. The Morgan fingerprint density at radius 2 is 1.62 bits per heavy atom. The summed E-state index contributed by atoms with van der Waals surface area (Å²) >= 11 is 0. The lowest BCUT2D eigenvalue weighted by atomic mass is 10.1. The summed E-state index contributed by atoms with van der Waals surface area (Å²) < 4.78 is 29.0. The van der Waals surface area contributed by atoms with Gasteiger partial charge in [0.05, 0.1) is 21.5 Å². The van der Waals surface area contributed by atoms with Crippen molar-refractivity contribution in [2.45, 2.75) is 25.7 Å². The molecule has 0 N–H and O–H groups in total. The smallest absolute Gasteiger partial charge is 0.254 e. The summed E-state index contributed by atoms with van der Waals surface area (Å²) in [6.07, 6.45) is 0. The van der Waals surface area contributed by atoms with E-state index in [1.807, 2.05) is 13.8 Å². The molecule has 3 aromatic rings. The van der Waals surface area contributed by atoms with E-state index in [2.05, 4.69) is 10.1 Å². The molecule has 0 bridgehead atoms. The van der Waals surface area contributed by atoms with E-state index in [1.165, 1.54) is 35.5 Å². The number of piperazine rings is 1. The van der Waals surface area contributed by atoms with Gasteiger partial charge in [0.1, 0.15) is 0 Å². The maximum atomic E-state index is 13.3. The van der Waals surface area contributed by atoms with Crippen LogP contribution >= 0.6 is 0 Å². The molecule has 1 amide bonds. The molecule has 4 rings (SSSR count). The van der Waals surface area contributed by atoms with Gasteiger partial charge in [0.2, 0.25) is 10.0 Å². The maximum absolute atomic E-state index is 13.3. The number of amides is 1. The highest BCUT2D eigenvalue weighted by Gasteiger charge is 2.31. The fraction of sp³-hybridized carbons (Fsp3) is 0.364. The van der Waals surface area contributed by atoms with E-state index in [1.54, 1.807) is 22.7 Å². The average molecular weight is 456 g/mol. The van der Waals surface area contributed by atoms with E-state index in [9.17, 15) is 18.0 Å². The van der Waals surface area contributed by atoms with Crippen molar-refractivity contribution in [2.24, 2.45) is 7.05 Å². The third-order valence-electron chi connectivity index (χ3n) is 5.75. The van der Waals surface area contributed by atoms with Crippen molar-refractivity contribution < 1.29 is 18.0 Å². The molecule has 2 aromatic heterocycles. The quantitative estimate of drug-likeness (QED) is 0.557. The predicted molar refractivity (Wildman–Crippen MR) is 119 cm³/mol. The van der Waals surface area contributed by atoms with Crippen LogP contribution in [0, 0.1) is 13.8 Å². The number of rotatable bonds is 4. The molecular formula is C22H25N5O4S. The Labute approximate surface area is 186 Å². The summed E-state index contributed by atoms with van der Waals surface area (Å²) in [4.78, 5) is 31.1. The van der Waals surface area contributed by atoms with Crippen LogP contribution in [0.5, 0.6) is 0 Å². The number of ketones is 1. The van der Waals surface area contributed by atoms with E-state index >= 15 is 0 Å². The zero-order chi connectivity index (χ0) is 23.2. The fourth-order valence-electron chi connectivity index (χ4n) is 4.05. The summed E-state index contributed by atoms with van der Waals surface area (Å²) in [5, 5.41) is 5.11. The van der Waals surface area contributed by atoms with Crippen molar-refractivity contribution in [2.75, 3.05) is 26.2 Å². The second-order valence-electron chi connectivity index (χ2n) is 8.00. The molecule has 32 heavy (non-hydrogen) atoms. The largest absolute Gasteiger partial charge is 0.336 e. The number of carbonyl (C=O) groups excluding carboxylic acids is 2. The number of hydrogen-bond acceptors (Lipinski definition) is 6. The molecule has 3 heterocycles. The summed E-state index contributed by atoms with van der Waals surface area (Å²) in [6, 6.07) is 7.69. The fourth-order valence-corrected chi connectivity index (χ4v) is 5.47. The zero-order valence-electron chi connectivity index (χ0n) is 18.5. The minimum Gasteiger partial charge on any atom is -0.336 e. The molecule has 168 valence electrons. The number of nitrogens with zero attached hydrogens (tertiary/aromatic N) is 5. The maximum Gasteiger partial charge on any atom is 0.254 e. The Balaban J connectivity index is 1.53. The minimum atomic E-state index is -3.70. The number of aromatic nitrogens is 3.